The number of aromatic nitrogens is 1. The van der Waals surface area contributed by atoms with E-state index >= 15 is 0 Å². The van der Waals surface area contributed by atoms with E-state index in [1.165, 1.54) is 39.9 Å². The van der Waals surface area contributed by atoms with Crippen molar-refractivity contribution in [3.05, 3.63) is 58.4 Å². The molecule has 0 unspecified atom stereocenters. The standard InChI is InChI=1S/C25H27N3O3S2/c1-4-16-28-22-15-10-18(2)17-23(22)32-25(28)26-24(29)19-11-13-21(14-12-19)33(30,31)27(3)20-8-6-5-7-9-20/h1,10-15,17,20H,5-9,16H2,2-3H3. The van der Waals surface area contributed by atoms with Crippen LogP contribution < -0.4 is 4.80 Å². The fraction of sp³-hybridized carbons (Fsp3) is 0.360. The third kappa shape index (κ3) is 4.81. The van der Waals surface area contributed by atoms with Gasteiger partial charge in [-0.05, 0) is 61.7 Å². The number of sulfonamides is 1. The highest BCUT2D eigenvalue weighted by Gasteiger charge is 2.29. The summed E-state index contributed by atoms with van der Waals surface area (Å²) in [5.41, 5.74) is 2.38. The second-order valence-corrected chi connectivity index (χ2v) is 11.4. The molecule has 1 aromatic heterocycles. The molecule has 1 aliphatic rings. The van der Waals surface area contributed by atoms with Gasteiger partial charge in [-0.2, -0.15) is 9.30 Å². The van der Waals surface area contributed by atoms with Crippen LogP contribution in [0.25, 0.3) is 10.2 Å². The molecule has 0 radical (unpaired) electrons. The predicted molar refractivity (Wildman–Crippen MR) is 132 cm³/mol. The van der Waals surface area contributed by atoms with E-state index in [0.717, 1.165) is 47.9 Å². The summed E-state index contributed by atoms with van der Waals surface area (Å²) in [7, 11) is -1.96. The molecule has 0 bridgehead atoms. The van der Waals surface area contributed by atoms with Crippen molar-refractivity contribution in [2.45, 2.75) is 56.5 Å². The molecule has 8 heteroatoms. The number of nitrogens with zero attached hydrogens (tertiary/aromatic N) is 3. The molecular weight excluding hydrogens is 454 g/mol. The van der Waals surface area contributed by atoms with Gasteiger partial charge in [0.15, 0.2) is 4.80 Å². The molecule has 1 amide bonds. The lowest BCUT2D eigenvalue weighted by Gasteiger charge is -2.30. The summed E-state index contributed by atoms with van der Waals surface area (Å²) in [6.45, 7) is 2.31. The Balaban J connectivity index is 1.62. The van der Waals surface area contributed by atoms with Crippen LogP contribution in [-0.2, 0) is 16.6 Å². The Morgan fingerprint density at radius 1 is 1.18 bits per heavy atom. The summed E-state index contributed by atoms with van der Waals surface area (Å²) in [5, 5.41) is 0. The number of benzene rings is 2. The van der Waals surface area contributed by atoms with Crippen LogP contribution in [0.15, 0.2) is 52.4 Å². The number of terminal acetylenes is 1. The van der Waals surface area contributed by atoms with Gasteiger partial charge in [-0.25, -0.2) is 8.42 Å². The Morgan fingerprint density at radius 3 is 2.55 bits per heavy atom. The lowest BCUT2D eigenvalue weighted by Crippen LogP contribution is -2.38. The van der Waals surface area contributed by atoms with E-state index < -0.39 is 15.9 Å². The van der Waals surface area contributed by atoms with Crippen molar-refractivity contribution < 1.29 is 13.2 Å². The molecule has 3 aromatic rings. The molecule has 1 heterocycles. The van der Waals surface area contributed by atoms with Crippen LogP contribution in [0.2, 0.25) is 0 Å². The van der Waals surface area contributed by atoms with E-state index in [0.29, 0.717) is 16.9 Å². The molecule has 4 rings (SSSR count). The molecule has 172 valence electrons. The van der Waals surface area contributed by atoms with Gasteiger partial charge in [0, 0.05) is 18.7 Å². The minimum atomic E-state index is -3.61. The second-order valence-electron chi connectivity index (χ2n) is 8.40. The van der Waals surface area contributed by atoms with Crippen LogP contribution in [0.3, 0.4) is 0 Å². The third-order valence-corrected chi connectivity index (χ3v) is 9.12. The first kappa shape index (κ1) is 23.4. The van der Waals surface area contributed by atoms with E-state index in [1.807, 2.05) is 29.7 Å². The lowest BCUT2D eigenvalue weighted by molar-refractivity contribution is 0.0998. The minimum absolute atomic E-state index is 0.0308. The predicted octanol–water partition coefficient (Wildman–Crippen LogP) is 4.34. The van der Waals surface area contributed by atoms with Gasteiger partial charge >= 0.3 is 0 Å². The zero-order chi connectivity index (χ0) is 23.6. The molecule has 0 saturated heterocycles. The van der Waals surface area contributed by atoms with Crippen molar-refractivity contribution in [2.75, 3.05) is 7.05 Å². The van der Waals surface area contributed by atoms with Crippen molar-refractivity contribution in [3.63, 3.8) is 0 Å². The number of amides is 1. The molecule has 1 fully saturated rings. The summed E-state index contributed by atoms with van der Waals surface area (Å²) >= 11 is 1.41. The number of fused-ring (bicyclic) bond motifs is 1. The van der Waals surface area contributed by atoms with Crippen molar-refractivity contribution in [1.82, 2.24) is 8.87 Å². The van der Waals surface area contributed by atoms with Crippen LogP contribution >= 0.6 is 11.3 Å². The number of thiazole rings is 1. The van der Waals surface area contributed by atoms with Gasteiger partial charge in [0.25, 0.3) is 5.91 Å². The summed E-state index contributed by atoms with van der Waals surface area (Å²) in [6.07, 6.45) is 10.6. The number of carbonyl (C=O) groups excluding carboxylic acids is 1. The highest BCUT2D eigenvalue weighted by molar-refractivity contribution is 7.89. The van der Waals surface area contributed by atoms with E-state index in [1.54, 1.807) is 7.05 Å². The molecule has 1 aliphatic carbocycles. The molecule has 0 atom stereocenters. The Hall–Kier alpha value is -2.73. The number of hydrogen-bond acceptors (Lipinski definition) is 4. The third-order valence-electron chi connectivity index (χ3n) is 6.15. The number of rotatable bonds is 5. The highest BCUT2D eigenvalue weighted by atomic mass is 32.2. The fourth-order valence-electron chi connectivity index (χ4n) is 4.24. The van der Waals surface area contributed by atoms with Gasteiger partial charge in [0.05, 0.1) is 21.7 Å². The van der Waals surface area contributed by atoms with Crippen molar-refractivity contribution >= 4 is 37.5 Å². The first-order chi connectivity index (χ1) is 15.8. The molecule has 33 heavy (non-hydrogen) atoms. The Morgan fingerprint density at radius 2 is 1.88 bits per heavy atom. The lowest BCUT2D eigenvalue weighted by atomic mass is 9.96. The Kier molecular flexibility index (Phi) is 6.84. The van der Waals surface area contributed by atoms with Crippen LogP contribution in [0.4, 0.5) is 0 Å². The molecule has 1 saturated carbocycles. The normalized spacial score (nSPS) is 15.8. The van der Waals surface area contributed by atoms with Gasteiger partial charge in [-0.3, -0.25) is 4.79 Å². The summed E-state index contributed by atoms with van der Waals surface area (Å²) in [4.78, 5) is 17.9. The van der Waals surface area contributed by atoms with Gasteiger partial charge in [-0.15, -0.1) is 6.42 Å². The van der Waals surface area contributed by atoms with Crippen molar-refractivity contribution in [2.24, 2.45) is 4.99 Å². The smallest absolute Gasteiger partial charge is 0.279 e. The maximum atomic E-state index is 13.0. The average Bonchev–Trinajstić information content (AvgIpc) is 3.15. The van der Waals surface area contributed by atoms with E-state index in [4.69, 9.17) is 6.42 Å². The Labute approximate surface area is 198 Å². The van der Waals surface area contributed by atoms with Gasteiger partial charge in [0.1, 0.15) is 0 Å². The van der Waals surface area contributed by atoms with Gasteiger partial charge in [0.2, 0.25) is 10.0 Å². The first-order valence-corrected chi connectivity index (χ1v) is 13.3. The quantitative estimate of drug-likeness (QED) is 0.509. The SMILES string of the molecule is C#CCn1c(=NC(=O)c2ccc(S(=O)(=O)N(C)C3CCCCC3)cc2)sc2cc(C)ccc21. The maximum Gasteiger partial charge on any atom is 0.279 e. The zero-order valence-electron chi connectivity index (χ0n) is 18.8. The highest BCUT2D eigenvalue weighted by Crippen LogP contribution is 2.26. The van der Waals surface area contributed by atoms with Crippen molar-refractivity contribution in [1.29, 1.82) is 0 Å². The molecule has 0 spiro atoms. The van der Waals surface area contributed by atoms with E-state index in [2.05, 4.69) is 10.9 Å². The second kappa shape index (κ2) is 9.64. The van der Waals surface area contributed by atoms with Gasteiger partial charge in [-0.1, -0.05) is 42.6 Å². The first-order valence-electron chi connectivity index (χ1n) is 11.0. The summed E-state index contributed by atoms with van der Waals surface area (Å²) in [5.74, 6) is 2.18. The van der Waals surface area contributed by atoms with Crippen LogP contribution in [0, 0.1) is 19.3 Å². The number of hydrogen-bond donors (Lipinski definition) is 0. The molecule has 6 nitrogen and oxygen atoms in total. The van der Waals surface area contributed by atoms with Gasteiger partial charge < -0.3 is 4.57 Å². The molecule has 0 aliphatic heterocycles. The molecule has 0 N–H and O–H groups in total. The number of aryl methyl sites for hydroxylation is 1. The zero-order valence-corrected chi connectivity index (χ0v) is 20.5. The van der Waals surface area contributed by atoms with Crippen LogP contribution in [0.1, 0.15) is 48.0 Å². The fourth-order valence-corrected chi connectivity index (χ4v) is 6.78. The monoisotopic (exact) mass is 481 g/mol. The minimum Gasteiger partial charge on any atom is -0.305 e. The molecule has 2 aromatic carbocycles. The topological polar surface area (TPSA) is 71.7 Å². The van der Waals surface area contributed by atoms with Crippen LogP contribution in [-0.4, -0.2) is 36.3 Å². The summed E-state index contributed by atoms with van der Waals surface area (Å²) in [6, 6.07) is 12.1. The largest absolute Gasteiger partial charge is 0.305 e. The van der Waals surface area contributed by atoms with E-state index in [9.17, 15) is 13.2 Å². The van der Waals surface area contributed by atoms with E-state index in [-0.39, 0.29) is 10.9 Å². The maximum absolute atomic E-state index is 13.0. The summed E-state index contributed by atoms with van der Waals surface area (Å²) < 4.78 is 30.4. The van der Waals surface area contributed by atoms with Crippen molar-refractivity contribution in [3.8, 4) is 12.3 Å². The molecular formula is C25H27N3O3S2. The number of carbonyl (C=O) groups is 1. The Bertz CT molecular complexity index is 1390. The van der Waals surface area contributed by atoms with Crippen LogP contribution in [0.5, 0.6) is 0 Å². The average molecular weight is 482 g/mol.